The van der Waals surface area contributed by atoms with Crippen LogP contribution in [-0.2, 0) is 11.3 Å². The van der Waals surface area contributed by atoms with Crippen LogP contribution in [-0.4, -0.2) is 27.4 Å². The highest BCUT2D eigenvalue weighted by molar-refractivity contribution is 5.46. The molecule has 22 heavy (non-hydrogen) atoms. The number of halogens is 1. The lowest BCUT2D eigenvalue weighted by Crippen LogP contribution is -2.06. The van der Waals surface area contributed by atoms with Crippen molar-refractivity contribution in [2.45, 2.75) is 6.54 Å². The van der Waals surface area contributed by atoms with Gasteiger partial charge < -0.3 is 19.5 Å². The molecule has 0 saturated heterocycles. The molecule has 0 aliphatic heterocycles. The van der Waals surface area contributed by atoms with Gasteiger partial charge >= 0.3 is 0 Å². The zero-order chi connectivity index (χ0) is 15.8. The molecule has 0 aliphatic rings. The Hall–Kier alpha value is -2.27. The minimum absolute atomic E-state index is 0.246. The molecule has 0 fully saturated rings. The highest BCUT2D eigenvalue weighted by atomic mass is 19.1. The Morgan fingerprint density at radius 3 is 2.41 bits per heavy atom. The Morgan fingerprint density at radius 1 is 0.955 bits per heavy atom. The number of benzene rings is 2. The maximum Gasteiger partial charge on any atom is 0.161 e. The van der Waals surface area contributed by atoms with E-state index in [0.717, 1.165) is 11.3 Å². The molecule has 2 aromatic carbocycles. The van der Waals surface area contributed by atoms with Crippen molar-refractivity contribution in [3.05, 3.63) is 53.8 Å². The molecule has 2 aromatic rings. The van der Waals surface area contributed by atoms with Crippen LogP contribution in [0.1, 0.15) is 5.56 Å². The van der Waals surface area contributed by atoms with Crippen molar-refractivity contribution in [3.8, 4) is 11.5 Å². The fourth-order valence-corrected chi connectivity index (χ4v) is 1.95. The van der Waals surface area contributed by atoms with Gasteiger partial charge in [-0.3, -0.25) is 0 Å². The Kier molecular flexibility index (Phi) is 6.03. The fraction of sp³-hybridized carbons (Fsp3) is 0.294. The van der Waals surface area contributed by atoms with E-state index in [9.17, 15) is 4.39 Å². The first kappa shape index (κ1) is 16.1. The molecular formula is C17H20FNO3. The molecule has 0 aliphatic carbocycles. The molecule has 5 heteroatoms. The Labute approximate surface area is 129 Å². The van der Waals surface area contributed by atoms with Gasteiger partial charge in [0.2, 0.25) is 0 Å². The zero-order valence-corrected chi connectivity index (χ0v) is 12.8. The third-order valence-corrected chi connectivity index (χ3v) is 3.11. The van der Waals surface area contributed by atoms with E-state index in [2.05, 4.69) is 5.32 Å². The van der Waals surface area contributed by atoms with Crippen molar-refractivity contribution >= 4 is 5.69 Å². The van der Waals surface area contributed by atoms with E-state index >= 15 is 0 Å². The van der Waals surface area contributed by atoms with Gasteiger partial charge in [0, 0.05) is 19.3 Å². The highest BCUT2D eigenvalue weighted by Gasteiger charge is 2.06. The Balaban J connectivity index is 1.97. The van der Waals surface area contributed by atoms with Gasteiger partial charge in [0.05, 0.1) is 13.7 Å². The lowest BCUT2D eigenvalue weighted by Gasteiger charge is -2.13. The third-order valence-electron chi connectivity index (χ3n) is 3.11. The van der Waals surface area contributed by atoms with Crippen molar-refractivity contribution < 1.29 is 18.6 Å². The summed E-state index contributed by atoms with van der Waals surface area (Å²) >= 11 is 0. The summed E-state index contributed by atoms with van der Waals surface area (Å²) in [5.74, 6) is 1.12. The molecule has 0 atom stereocenters. The predicted octanol–water partition coefficient (Wildman–Crippen LogP) is 3.47. The summed E-state index contributed by atoms with van der Waals surface area (Å²) in [6.45, 7) is 1.61. The first-order chi connectivity index (χ1) is 10.7. The van der Waals surface area contributed by atoms with Crippen LogP contribution >= 0.6 is 0 Å². The van der Waals surface area contributed by atoms with E-state index in [1.165, 1.54) is 12.1 Å². The Morgan fingerprint density at radius 2 is 1.73 bits per heavy atom. The molecule has 0 unspecified atom stereocenters. The van der Waals surface area contributed by atoms with Crippen molar-refractivity contribution in [1.82, 2.24) is 0 Å². The van der Waals surface area contributed by atoms with Crippen LogP contribution < -0.4 is 14.8 Å². The zero-order valence-electron chi connectivity index (χ0n) is 12.8. The first-order valence-corrected chi connectivity index (χ1v) is 7.01. The number of nitrogens with one attached hydrogen (secondary N) is 1. The summed E-state index contributed by atoms with van der Waals surface area (Å²) in [7, 11) is 3.24. The molecule has 0 saturated carbocycles. The maximum absolute atomic E-state index is 12.9. The number of rotatable bonds is 8. The lowest BCUT2D eigenvalue weighted by atomic mass is 10.2. The van der Waals surface area contributed by atoms with E-state index in [1.807, 2.05) is 18.2 Å². The summed E-state index contributed by atoms with van der Waals surface area (Å²) < 4.78 is 28.7. The second-order valence-corrected chi connectivity index (χ2v) is 4.69. The van der Waals surface area contributed by atoms with E-state index in [4.69, 9.17) is 14.2 Å². The molecule has 1 N–H and O–H groups in total. The number of hydrogen-bond acceptors (Lipinski definition) is 4. The maximum atomic E-state index is 12.9. The molecule has 0 bridgehead atoms. The van der Waals surface area contributed by atoms with Gasteiger partial charge in [0.25, 0.3) is 0 Å². The molecule has 2 rings (SSSR count). The predicted molar refractivity (Wildman–Crippen MR) is 84.1 cm³/mol. The molecule has 0 spiro atoms. The van der Waals surface area contributed by atoms with Gasteiger partial charge in [0.1, 0.15) is 12.4 Å². The van der Waals surface area contributed by atoms with E-state index in [-0.39, 0.29) is 5.82 Å². The SMILES string of the molecule is COCCOc1ccc(CNc2ccc(F)cc2)cc1OC. The fourth-order valence-electron chi connectivity index (χ4n) is 1.95. The molecular weight excluding hydrogens is 285 g/mol. The number of methoxy groups -OCH3 is 2. The van der Waals surface area contributed by atoms with Gasteiger partial charge in [-0.25, -0.2) is 4.39 Å². The monoisotopic (exact) mass is 305 g/mol. The average Bonchev–Trinajstić information content (AvgIpc) is 2.55. The van der Waals surface area contributed by atoms with Gasteiger partial charge in [-0.1, -0.05) is 6.07 Å². The van der Waals surface area contributed by atoms with E-state index < -0.39 is 0 Å². The van der Waals surface area contributed by atoms with Crippen LogP contribution in [0.4, 0.5) is 10.1 Å². The topological polar surface area (TPSA) is 39.7 Å². The van der Waals surface area contributed by atoms with Crippen LogP contribution in [0.2, 0.25) is 0 Å². The van der Waals surface area contributed by atoms with Crippen LogP contribution in [0.15, 0.2) is 42.5 Å². The second kappa shape index (κ2) is 8.24. The average molecular weight is 305 g/mol. The second-order valence-electron chi connectivity index (χ2n) is 4.69. The normalized spacial score (nSPS) is 10.3. The molecule has 0 amide bonds. The van der Waals surface area contributed by atoms with Gasteiger partial charge in [-0.15, -0.1) is 0 Å². The van der Waals surface area contributed by atoms with Gasteiger partial charge in [-0.2, -0.15) is 0 Å². The standard InChI is InChI=1S/C17H20FNO3/c1-20-9-10-22-16-8-3-13(11-17(16)21-2)12-19-15-6-4-14(18)5-7-15/h3-8,11,19H,9-10,12H2,1-2H3. The summed E-state index contributed by atoms with van der Waals surface area (Å²) in [4.78, 5) is 0. The minimum Gasteiger partial charge on any atom is -0.493 e. The summed E-state index contributed by atoms with van der Waals surface area (Å²) in [5.41, 5.74) is 1.90. The largest absolute Gasteiger partial charge is 0.493 e. The number of ether oxygens (including phenoxy) is 3. The van der Waals surface area contributed by atoms with Crippen molar-refractivity contribution in [3.63, 3.8) is 0 Å². The molecule has 0 heterocycles. The summed E-state index contributed by atoms with van der Waals surface area (Å²) in [6.07, 6.45) is 0. The summed E-state index contributed by atoms with van der Waals surface area (Å²) in [5, 5.41) is 3.23. The first-order valence-electron chi connectivity index (χ1n) is 7.01. The molecule has 4 nitrogen and oxygen atoms in total. The lowest BCUT2D eigenvalue weighted by molar-refractivity contribution is 0.144. The summed E-state index contributed by atoms with van der Waals surface area (Å²) in [6, 6.07) is 12.0. The minimum atomic E-state index is -0.246. The smallest absolute Gasteiger partial charge is 0.161 e. The van der Waals surface area contributed by atoms with Crippen molar-refractivity contribution in [2.24, 2.45) is 0 Å². The molecule has 0 aromatic heterocycles. The Bertz CT molecular complexity index is 587. The number of anilines is 1. The molecule has 118 valence electrons. The van der Waals surface area contributed by atoms with Crippen molar-refractivity contribution in [1.29, 1.82) is 0 Å². The van der Waals surface area contributed by atoms with Crippen LogP contribution in [0.3, 0.4) is 0 Å². The van der Waals surface area contributed by atoms with Crippen LogP contribution in [0.25, 0.3) is 0 Å². The van der Waals surface area contributed by atoms with Crippen LogP contribution in [0.5, 0.6) is 11.5 Å². The van der Waals surface area contributed by atoms with E-state index in [0.29, 0.717) is 31.3 Å². The van der Waals surface area contributed by atoms with Crippen molar-refractivity contribution in [2.75, 3.05) is 32.8 Å². The number of hydrogen-bond donors (Lipinski definition) is 1. The van der Waals surface area contributed by atoms with Gasteiger partial charge in [0.15, 0.2) is 11.5 Å². The van der Waals surface area contributed by atoms with E-state index in [1.54, 1.807) is 26.4 Å². The van der Waals surface area contributed by atoms with Crippen LogP contribution in [0, 0.1) is 5.82 Å². The quantitative estimate of drug-likeness (QED) is 0.758. The van der Waals surface area contributed by atoms with Gasteiger partial charge in [-0.05, 0) is 42.0 Å². The molecule has 0 radical (unpaired) electrons. The third kappa shape index (κ3) is 4.63. The highest BCUT2D eigenvalue weighted by Crippen LogP contribution is 2.28.